The molecule has 0 aromatic heterocycles. The first-order valence-corrected chi connectivity index (χ1v) is 23.2. The lowest BCUT2D eigenvalue weighted by atomic mass is 9.71. The minimum absolute atomic E-state index is 0.00708. The molecule has 6 aliphatic heterocycles. The van der Waals surface area contributed by atoms with Crippen LogP contribution in [-0.4, -0.2) is 139 Å². The minimum Gasteiger partial charge on any atom is -0.462 e. The number of methoxy groups -OCH3 is 2. The van der Waals surface area contributed by atoms with Crippen molar-refractivity contribution in [2.45, 2.75) is 204 Å². The Morgan fingerprint density at radius 2 is 1.63 bits per heavy atom. The van der Waals surface area contributed by atoms with Crippen LogP contribution in [-0.2, 0) is 52.2 Å². The average Bonchev–Trinajstić information content (AvgIpc) is 3.58. The van der Waals surface area contributed by atoms with E-state index in [4.69, 9.17) is 47.4 Å². The largest absolute Gasteiger partial charge is 0.462 e. The molecule has 0 aromatic rings. The third-order valence-corrected chi connectivity index (χ3v) is 14.9. The molecule has 7 aliphatic rings. The highest BCUT2D eigenvalue weighted by molar-refractivity contribution is 5.78. The van der Waals surface area contributed by atoms with Gasteiger partial charge in [0.1, 0.15) is 42.0 Å². The molecule has 0 aromatic carbocycles. The predicted octanol–water partition coefficient (Wildman–Crippen LogP) is 5.60. The summed E-state index contributed by atoms with van der Waals surface area (Å²) < 4.78 is 63.9. The minimum atomic E-state index is -1.82. The Kier molecular flexibility index (Phi) is 15.3. The zero-order valence-corrected chi connectivity index (χ0v) is 38.5. The van der Waals surface area contributed by atoms with Crippen molar-refractivity contribution in [2.24, 2.45) is 23.7 Å². The van der Waals surface area contributed by atoms with E-state index in [-0.39, 0.29) is 30.8 Å². The van der Waals surface area contributed by atoms with Crippen LogP contribution in [0.5, 0.6) is 0 Å². The number of carbonyl (C=O) groups excluding carboxylic acids is 1. The molecule has 14 heteroatoms. The summed E-state index contributed by atoms with van der Waals surface area (Å²) in [5.74, 6) is -2.10. The second-order valence-electron chi connectivity index (χ2n) is 19.4. The quantitative estimate of drug-likeness (QED) is 0.204. The molecule has 20 atom stereocenters. The number of esters is 1. The second-order valence-corrected chi connectivity index (χ2v) is 19.4. The van der Waals surface area contributed by atoms with Gasteiger partial charge in [0.2, 0.25) is 0 Å². The van der Waals surface area contributed by atoms with Gasteiger partial charge in [-0.2, -0.15) is 0 Å². The predicted molar refractivity (Wildman–Crippen MR) is 227 cm³/mol. The first-order chi connectivity index (χ1) is 29.5. The maximum Gasteiger partial charge on any atom is 0.316 e. The van der Waals surface area contributed by atoms with Crippen molar-refractivity contribution in [1.29, 1.82) is 0 Å². The lowest BCUT2D eigenvalue weighted by Gasteiger charge is -2.51. The monoisotopic (exact) mass is 875 g/mol. The van der Waals surface area contributed by atoms with Crippen LogP contribution < -0.4 is 0 Å². The van der Waals surface area contributed by atoms with E-state index in [1.807, 2.05) is 19.1 Å². The summed E-state index contributed by atoms with van der Waals surface area (Å²) in [6, 6.07) is 0. The molecule has 6 heterocycles. The van der Waals surface area contributed by atoms with Crippen LogP contribution in [0, 0.1) is 23.7 Å². The molecule has 3 unspecified atom stereocenters. The molecule has 7 rings (SSSR count). The van der Waals surface area contributed by atoms with Crippen molar-refractivity contribution in [2.75, 3.05) is 20.8 Å². The Bertz CT molecular complexity index is 1680. The molecule has 62 heavy (non-hydrogen) atoms. The van der Waals surface area contributed by atoms with Gasteiger partial charge in [-0.15, -0.1) is 0 Å². The summed E-state index contributed by atoms with van der Waals surface area (Å²) in [5, 5.41) is 34.2. The van der Waals surface area contributed by atoms with Crippen LogP contribution in [0.2, 0.25) is 0 Å². The molecular formula is C48H74O14. The normalized spacial score (nSPS) is 49.4. The molecule has 350 valence electrons. The van der Waals surface area contributed by atoms with Gasteiger partial charge in [-0.3, -0.25) is 4.79 Å². The summed E-state index contributed by atoms with van der Waals surface area (Å²) in [6.07, 6.45) is 6.53. The molecule has 5 saturated heterocycles. The molecule has 1 aliphatic carbocycles. The van der Waals surface area contributed by atoms with E-state index in [1.54, 1.807) is 40.2 Å². The zero-order valence-electron chi connectivity index (χ0n) is 38.5. The maximum absolute atomic E-state index is 14.4. The van der Waals surface area contributed by atoms with Gasteiger partial charge in [0.05, 0.1) is 49.3 Å². The van der Waals surface area contributed by atoms with Crippen LogP contribution >= 0.6 is 0 Å². The molecule has 0 amide bonds. The van der Waals surface area contributed by atoms with Crippen LogP contribution in [0.1, 0.15) is 107 Å². The zero-order chi connectivity index (χ0) is 44.7. The summed E-state index contributed by atoms with van der Waals surface area (Å²) >= 11 is 0. The fourth-order valence-electron chi connectivity index (χ4n) is 11.0. The molecule has 1 spiro atoms. The van der Waals surface area contributed by atoms with E-state index in [0.29, 0.717) is 61.5 Å². The van der Waals surface area contributed by atoms with Crippen LogP contribution in [0.3, 0.4) is 0 Å². The Hall–Kier alpha value is -2.05. The van der Waals surface area contributed by atoms with Crippen molar-refractivity contribution in [1.82, 2.24) is 0 Å². The van der Waals surface area contributed by atoms with Gasteiger partial charge in [-0.1, -0.05) is 64.5 Å². The van der Waals surface area contributed by atoms with E-state index in [1.165, 1.54) is 0 Å². The highest BCUT2D eigenvalue weighted by Gasteiger charge is 2.60. The topological polar surface area (TPSA) is 170 Å². The number of hydrogen-bond donors (Lipinski definition) is 3. The van der Waals surface area contributed by atoms with Gasteiger partial charge in [-0.05, 0) is 69.1 Å². The summed E-state index contributed by atoms with van der Waals surface area (Å²) in [4.78, 5) is 14.4. The van der Waals surface area contributed by atoms with Crippen molar-refractivity contribution >= 4 is 5.97 Å². The lowest BCUT2D eigenvalue weighted by Crippen LogP contribution is -2.58. The first-order valence-electron chi connectivity index (χ1n) is 23.2. The van der Waals surface area contributed by atoms with Crippen LogP contribution in [0.4, 0.5) is 0 Å². The van der Waals surface area contributed by atoms with Crippen LogP contribution in [0.25, 0.3) is 0 Å². The van der Waals surface area contributed by atoms with Gasteiger partial charge in [0.25, 0.3) is 0 Å². The molecule has 0 radical (unpaired) electrons. The SMILES string of the molecule is CC[C@H](C)[C@H]1O[C@]2(CC[C@@H]1C)C[C@@H]1C[C@@H](C/C=C(\C)C(O[C@H]3C[C@@H](OC)[C@@H](O[C@H]4C[C@@H](OC)[C@@H](O)C(C)O4)C(C)O3)[C@@H](C)/C=C/C=C3\CO[C@@H]4[C@H](O)C(C)=C[C@@H](C(=O)O1)[C@]34O)O2. The summed E-state index contributed by atoms with van der Waals surface area (Å²) in [6.45, 7) is 16.3. The number of ether oxygens (including phenoxy) is 10. The fraction of sp³-hybridized carbons (Fsp3) is 0.812. The van der Waals surface area contributed by atoms with Gasteiger partial charge in [0.15, 0.2) is 18.4 Å². The Balaban J connectivity index is 1.18. The van der Waals surface area contributed by atoms with E-state index >= 15 is 0 Å². The smallest absolute Gasteiger partial charge is 0.316 e. The standard InChI is InChI=1S/C48H74O14/c1-11-25(2)43-28(5)17-18-47(62-43)23-34-20-33(61-47)16-15-27(4)42(26(3)13-12-14-32-24-55-45-40(49)29(6)19-35(46(51)58-34)48(32,45)52)59-39-22-37(54-10)44(31(8)57-39)60-38-21-36(53-9)41(50)30(7)56-38/h12-15,19,25-26,28,30-31,33-45,49-50,52H,11,16-18,20-24H2,1-10H3/b13-12+,27-15+,32-14+/t25-,26-,28-,30?,31?,33+,34-,35-,36+,37+,38-,39-,40+,41-,42?,43+,44-,45+,47+,48+/m0/s1. The maximum atomic E-state index is 14.4. The Morgan fingerprint density at radius 3 is 2.35 bits per heavy atom. The summed E-state index contributed by atoms with van der Waals surface area (Å²) in [7, 11) is 3.23. The number of fused-ring (bicyclic) bond motifs is 2. The van der Waals surface area contributed by atoms with E-state index < -0.39 is 90.8 Å². The average molecular weight is 875 g/mol. The van der Waals surface area contributed by atoms with Gasteiger partial charge < -0.3 is 62.7 Å². The van der Waals surface area contributed by atoms with E-state index in [0.717, 1.165) is 18.4 Å². The highest BCUT2D eigenvalue weighted by atomic mass is 16.7. The van der Waals surface area contributed by atoms with E-state index in [2.05, 4.69) is 40.7 Å². The fourth-order valence-corrected chi connectivity index (χ4v) is 11.0. The number of hydrogen-bond acceptors (Lipinski definition) is 14. The third kappa shape index (κ3) is 9.73. The molecule has 14 nitrogen and oxygen atoms in total. The number of carbonyl (C=O) groups is 1. The molecule has 2 bridgehead atoms. The molecule has 0 saturated carbocycles. The van der Waals surface area contributed by atoms with Crippen molar-refractivity contribution in [3.8, 4) is 0 Å². The van der Waals surface area contributed by atoms with Crippen LogP contribution in [0.15, 0.2) is 47.1 Å². The third-order valence-electron chi connectivity index (χ3n) is 14.9. The lowest BCUT2D eigenvalue weighted by molar-refractivity contribution is -0.340. The first kappa shape index (κ1) is 47.9. The van der Waals surface area contributed by atoms with Crippen molar-refractivity contribution in [3.05, 3.63) is 47.1 Å². The van der Waals surface area contributed by atoms with Gasteiger partial charge in [-0.25, -0.2) is 0 Å². The Labute approximate surface area is 368 Å². The Morgan fingerprint density at radius 1 is 0.919 bits per heavy atom. The summed E-state index contributed by atoms with van der Waals surface area (Å²) in [5.41, 5.74) is 0.188. The van der Waals surface area contributed by atoms with E-state index in [9.17, 15) is 20.1 Å². The molecular weight excluding hydrogens is 801 g/mol. The number of rotatable bonds is 8. The van der Waals surface area contributed by atoms with Gasteiger partial charge in [0, 0.05) is 52.2 Å². The molecule has 3 N–H and O–H groups in total. The number of allylic oxidation sites excluding steroid dienone is 2. The van der Waals surface area contributed by atoms with Crippen molar-refractivity contribution in [3.63, 3.8) is 0 Å². The molecule has 5 fully saturated rings. The number of aliphatic hydroxyl groups is 3. The second kappa shape index (κ2) is 19.8. The van der Waals surface area contributed by atoms with Gasteiger partial charge >= 0.3 is 5.97 Å². The highest BCUT2D eigenvalue weighted by Crippen LogP contribution is 2.48. The van der Waals surface area contributed by atoms with Crippen molar-refractivity contribution < 1.29 is 67.5 Å². The number of aliphatic hydroxyl groups excluding tert-OH is 2.